The van der Waals surface area contributed by atoms with E-state index in [0.717, 1.165) is 41.9 Å². The van der Waals surface area contributed by atoms with E-state index in [0.29, 0.717) is 34.8 Å². The van der Waals surface area contributed by atoms with Gasteiger partial charge in [-0.2, -0.15) is 23.1 Å². The van der Waals surface area contributed by atoms with Gasteiger partial charge >= 0.3 is 12.2 Å². The van der Waals surface area contributed by atoms with Crippen molar-refractivity contribution < 1.29 is 18.0 Å². The van der Waals surface area contributed by atoms with Gasteiger partial charge in [0.25, 0.3) is 5.95 Å². The summed E-state index contributed by atoms with van der Waals surface area (Å²) in [7, 11) is 0. The topological polar surface area (TPSA) is 108 Å². The summed E-state index contributed by atoms with van der Waals surface area (Å²) in [6.07, 6.45) is 1.31. The number of aryl methyl sites for hydroxylation is 1. The van der Waals surface area contributed by atoms with E-state index in [1.807, 2.05) is 19.1 Å². The third kappa shape index (κ3) is 5.60. The SMILES string of the molecule is Cc1ccc(NC(=O)Nc2ccc(Cl)c(C(F)(F)F)c2)cc1NN1c2cc(nc(C3CCCC3)c2)-c2ncnc1n2. The molecule has 0 spiro atoms. The molecule has 2 aliphatic rings. The first-order valence-electron chi connectivity index (χ1n) is 13.0. The van der Waals surface area contributed by atoms with Crippen molar-refractivity contribution in [2.24, 2.45) is 0 Å². The van der Waals surface area contributed by atoms with Gasteiger partial charge in [-0.15, -0.1) is 0 Å². The number of carbonyl (C=O) groups is 1. The lowest BCUT2D eigenvalue weighted by Gasteiger charge is -2.25. The average molecular weight is 581 g/mol. The van der Waals surface area contributed by atoms with E-state index in [1.165, 1.54) is 25.2 Å². The van der Waals surface area contributed by atoms with Crippen LogP contribution < -0.4 is 21.1 Å². The molecule has 0 saturated heterocycles. The van der Waals surface area contributed by atoms with Crippen molar-refractivity contribution >= 4 is 46.3 Å². The molecule has 2 aromatic heterocycles. The Labute approximate surface area is 238 Å². The maximum Gasteiger partial charge on any atom is 0.417 e. The largest absolute Gasteiger partial charge is 0.417 e. The highest BCUT2D eigenvalue weighted by atomic mass is 35.5. The minimum Gasteiger partial charge on any atom is -0.308 e. The summed E-state index contributed by atoms with van der Waals surface area (Å²) in [5, 5.41) is 6.39. The van der Waals surface area contributed by atoms with Crippen LogP contribution in [0.3, 0.4) is 0 Å². The zero-order chi connectivity index (χ0) is 28.7. The third-order valence-corrected chi connectivity index (χ3v) is 7.44. The van der Waals surface area contributed by atoms with Crippen LogP contribution in [-0.4, -0.2) is 26.0 Å². The number of hydrogen-bond donors (Lipinski definition) is 3. The van der Waals surface area contributed by atoms with Crippen molar-refractivity contribution in [3.05, 3.63) is 76.7 Å². The number of urea groups is 1. The van der Waals surface area contributed by atoms with E-state index in [-0.39, 0.29) is 5.69 Å². The highest BCUT2D eigenvalue weighted by Gasteiger charge is 2.33. The summed E-state index contributed by atoms with van der Waals surface area (Å²) in [5.41, 5.74) is 6.68. The van der Waals surface area contributed by atoms with Crippen LogP contribution in [-0.2, 0) is 6.18 Å². The van der Waals surface area contributed by atoms with Crippen LogP contribution in [0.1, 0.15) is 48.4 Å². The predicted octanol–water partition coefficient (Wildman–Crippen LogP) is 7.69. The number of amides is 2. The second-order valence-corrected chi connectivity index (χ2v) is 10.4. The Morgan fingerprint density at radius 1 is 0.976 bits per heavy atom. The molecule has 9 nitrogen and oxygen atoms in total. The fourth-order valence-electron chi connectivity index (χ4n) is 5.01. The number of benzene rings is 2. The monoisotopic (exact) mass is 580 g/mol. The number of hydrazine groups is 1. The maximum atomic E-state index is 13.2. The van der Waals surface area contributed by atoms with Gasteiger partial charge in [0.1, 0.15) is 12.0 Å². The van der Waals surface area contributed by atoms with Gasteiger partial charge in [0.05, 0.1) is 22.0 Å². The molecule has 13 heteroatoms. The molecule has 0 atom stereocenters. The number of nitrogens with zero attached hydrogens (tertiary/aromatic N) is 5. The molecule has 3 heterocycles. The first kappa shape index (κ1) is 26.8. The number of anilines is 5. The van der Waals surface area contributed by atoms with E-state index < -0.39 is 22.8 Å². The number of nitrogens with one attached hydrogen (secondary N) is 3. The van der Waals surface area contributed by atoms with Crippen molar-refractivity contribution in [2.45, 2.75) is 44.7 Å². The average Bonchev–Trinajstić information content (AvgIpc) is 3.47. The quantitative estimate of drug-likeness (QED) is 0.222. The van der Waals surface area contributed by atoms with Gasteiger partial charge in [-0.25, -0.2) is 19.8 Å². The fraction of sp³-hybridized carbons (Fsp3) is 0.250. The molecule has 1 fully saturated rings. The molecule has 41 heavy (non-hydrogen) atoms. The normalized spacial score (nSPS) is 14.5. The summed E-state index contributed by atoms with van der Waals surface area (Å²) < 4.78 is 39.6. The van der Waals surface area contributed by atoms with Crippen LogP contribution in [0.25, 0.3) is 11.5 Å². The van der Waals surface area contributed by atoms with Crippen LogP contribution in [0.5, 0.6) is 0 Å². The zero-order valence-corrected chi connectivity index (χ0v) is 22.5. The molecule has 210 valence electrons. The number of hydrogen-bond acceptors (Lipinski definition) is 7. The molecule has 4 bridgehead atoms. The Morgan fingerprint density at radius 3 is 2.46 bits per heavy atom. The first-order chi connectivity index (χ1) is 19.6. The van der Waals surface area contributed by atoms with Crippen LogP contribution in [0, 0.1) is 6.92 Å². The van der Waals surface area contributed by atoms with Crippen LogP contribution in [0.15, 0.2) is 54.9 Å². The Bertz CT molecular complexity index is 1640. The lowest BCUT2D eigenvalue weighted by Crippen LogP contribution is -2.27. The minimum absolute atomic E-state index is 0.0496. The van der Waals surface area contributed by atoms with Crippen molar-refractivity contribution in [3.8, 4) is 11.5 Å². The zero-order valence-electron chi connectivity index (χ0n) is 21.8. The van der Waals surface area contributed by atoms with Crippen molar-refractivity contribution in [1.29, 1.82) is 0 Å². The van der Waals surface area contributed by atoms with E-state index in [1.54, 1.807) is 23.2 Å². The molecule has 2 amide bonds. The summed E-state index contributed by atoms with van der Waals surface area (Å²) in [5.74, 6) is 1.25. The van der Waals surface area contributed by atoms with Crippen molar-refractivity contribution in [1.82, 2.24) is 19.9 Å². The van der Waals surface area contributed by atoms with Gasteiger partial charge in [0.15, 0.2) is 5.82 Å². The van der Waals surface area contributed by atoms with E-state index in [2.05, 4.69) is 31.0 Å². The number of halogens is 4. The van der Waals surface area contributed by atoms with Crippen molar-refractivity contribution in [2.75, 3.05) is 21.1 Å². The van der Waals surface area contributed by atoms with Gasteiger partial charge in [-0.05, 0) is 67.8 Å². The van der Waals surface area contributed by atoms with Crippen LogP contribution in [0.2, 0.25) is 5.02 Å². The van der Waals surface area contributed by atoms with Crippen LogP contribution in [0.4, 0.5) is 46.7 Å². The lowest BCUT2D eigenvalue weighted by molar-refractivity contribution is -0.137. The number of pyridine rings is 1. The molecule has 0 radical (unpaired) electrons. The summed E-state index contributed by atoms with van der Waals surface area (Å²) in [6.45, 7) is 1.90. The van der Waals surface area contributed by atoms with E-state index in [4.69, 9.17) is 16.6 Å². The number of rotatable bonds is 5. The van der Waals surface area contributed by atoms with Gasteiger partial charge in [0.2, 0.25) is 0 Å². The molecule has 2 aromatic carbocycles. The fourth-order valence-corrected chi connectivity index (χ4v) is 5.24. The Hall–Kier alpha value is -4.45. The standard InChI is InChI=1S/C28H24ClF3N8O/c1-15-6-7-18(36-27(41)35-17-8-9-21(29)20(10-17)28(30,31)32)11-22(15)39-40-19-12-23(16-4-2-3-5-16)37-24(13-19)25-33-14-34-26(40)38-25/h6-14,16,39H,2-5H2,1H3,(H2,35,36,41). The Morgan fingerprint density at radius 2 is 1.71 bits per heavy atom. The van der Waals surface area contributed by atoms with Crippen molar-refractivity contribution in [3.63, 3.8) is 0 Å². The second-order valence-electron chi connectivity index (χ2n) is 9.97. The maximum absolute atomic E-state index is 13.2. The van der Waals surface area contributed by atoms with E-state index >= 15 is 0 Å². The van der Waals surface area contributed by atoms with E-state index in [9.17, 15) is 18.0 Å². The first-order valence-corrected chi connectivity index (χ1v) is 13.4. The summed E-state index contributed by atoms with van der Waals surface area (Å²) in [6, 6.07) is 11.6. The van der Waals surface area contributed by atoms with Gasteiger partial charge < -0.3 is 10.6 Å². The molecular formula is C28H24ClF3N8O. The Kier molecular flexibility index (Phi) is 6.86. The number of carbonyl (C=O) groups excluding carboxylic acids is 1. The third-order valence-electron chi connectivity index (χ3n) is 7.11. The molecular weight excluding hydrogens is 557 g/mol. The van der Waals surface area contributed by atoms with Gasteiger partial charge in [-0.3, -0.25) is 5.43 Å². The second kappa shape index (κ2) is 10.5. The smallest absolute Gasteiger partial charge is 0.308 e. The molecule has 1 saturated carbocycles. The summed E-state index contributed by atoms with van der Waals surface area (Å²) >= 11 is 5.68. The molecule has 0 unspecified atom stereocenters. The van der Waals surface area contributed by atoms with Gasteiger partial charge in [0, 0.05) is 23.0 Å². The number of alkyl halides is 3. The molecule has 3 N–H and O–H groups in total. The summed E-state index contributed by atoms with van der Waals surface area (Å²) in [4.78, 5) is 30.8. The molecule has 4 aromatic rings. The minimum atomic E-state index is -4.65. The highest BCUT2D eigenvalue weighted by molar-refractivity contribution is 6.31. The van der Waals surface area contributed by atoms with Gasteiger partial charge in [-0.1, -0.05) is 30.5 Å². The Balaban J connectivity index is 1.24. The lowest BCUT2D eigenvalue weighted by atomic mass is 10.0. The highest BCUT2D eigenvalue weighted by Crippen LogP contribution is 2.39. The molecule has 6 rings (SSSR count). The predicted molar refractivity (Wildman–Crippen MR) is 150 cm³/mol. The number of fused-ring (bicyclic) bond motifs is 5. The molecule has 1 aliphatic heterocycles. The molecule has 1 aliphatic carbocycles. The van der Waals surface area contributed by atoms with Crippen LogP contribution >= 0.6 is 11.6 Å². The number of aromatic nitrogens is 4.